The lowest BCUT2D eigenvalue weighted by Crippen LogP contribution is -2.10. The molecule has 6 heteroatoms. The van der Waals surface area contributed by atoms with Crippen LogP contribution in [0.15, 0.2) is 28.9 Å². The molecule has 0 unspecified atom stereocenters. The highest BCUT2D eigenvalue weighted by Crippen LogP contribution is 2.31. The topological polar surface area (TPSA) is 89.1 Å². The summed E-state index contributed by atoms with van der Waals surface area (Å²) < 4.78 is 5.39. The highest BCUT2D eigenvalue weighted by molar-refractivity contribution is 5.67. The molecule has 0 saturated heterocycles. The van der Waals surface area contributed by atoms with E-state index in [-0.39, 0.29) is 12.3 Å². The van der Waals surface area contributed by atoms with Crippen molar-refractivity contribution in [3.05, 3.63) is 41.8 Å². The van der Waals surface area contributed by atoms with Crippen LogP contribution in [0.25, 0.3) is 0 Å². The van der Waals surface area contributed by atoms with Gasteiger partial charge in [0.15, 0.2) is 5.82 Å². The molecule has 26 heavy (non-hydrogen) atoms. The number of rotatable bonds is 9. The molecular weight excluding hydrogens is 330 g/mol. The molecule has 1 N–H and O–H groups in total. The van der Waals surface area contributed by atoms with E-state index in [1.54, 1.807) is 6.20 Å². The van der Waals surface area contributed by atoms with Crippen molar-refractivity contribution in [3.8, 4) is 0 Å². The fourth-order valence-corrected chi connectivity index (χ4v) is 3.82. The van der Waals surface area contributed by atoms with Crippen molar-refractivity contribution < 1.29 is 14.4 Å². The Morgan fingerprint density at radius 2 is 2.12 bits per heavy atom. The van der Waals surface area contributed by atoms with Gasteiger partial charge in [-0.2, -0.15) is 4.98 Å². The molecule has 6 nitrogen and oxygen atoms in total. The zero-order valence-electron chi connectivity index (χ0n) is 15.1. The Morgan fingerprint density at radius 1 is 1.27 bits per heavy atom. The lowest BCUT2D eigenvalue weighted by Gasteiger charge is -2.21. The number of hydrogen-bond acceptors (Lipinski definition) is 5. The second kappa shape index (κ2) is 9.46. The summed E-state index contributed by atoms with van der Waals surface area (Å²) in [5.41, 5.74) is 0.868. The van der Waals surface area contributed by atoms with Gasteiger partial charge in [-0.05, 0) is 24.5 Å². The summed E-state index contributed by atoms with van der Waals surface area (Å²) in [7, 11) is 0. The molecule has 1 aliphatic carbocycles. The van der Waals surface area contributed by atoms with Crippen LogP contribution in [0.4, 0.5) is 0 Å². The highest BCUT2D eigenvalue weighted by Gasteiger charge is 2.23. The molecule has 3 rings (SSSR count). The first kappa shape index (κ1) is 18.5. The molecule has 140 valence electrons. The predicted molar refractivity (Wildman–Crippen MR) is 96.8 cm³/mol. The van der Waals surface area contributed by atoms with Crippen molar-refractivity contribution in [2.24, 2.45) is 5.92 Å². The van der Waals surface area contributed by atoms with Crippen LogP contribution in [0, 0.1) is 5.92 Å². The van der Waals surface area contributed by atoms with E-state index in [1.165, 1.54) is 38.5 Å². The number of aliphatic carboxylic acids is 1. The Morgan fingerprint density at radius 3 is 2.85 bits per heavy atom. The minimum absolute atomic E-state index is 0.0376. The fraction of sp³-hybridized carbons (Fsp3) is 0.600. The van der Waals surface area contributed by atoms with E-state index >= 15 is 0 Å². The maximum absolute atomic E-state index is 11.2. The molecular formula is C20H27N3O3. The standard InChI is InChI=1S/C20H27N3O3/c24-19(25)13-16(10-6-9-15-7-2-1-3-8-15)20-22-18(23-26-20)14-17-11-4-5-12-21-17/h4-5,11-12,15-16H,1-3,6-10,13-14H2,(H,24,25)/t16-/m1/s1. The number of hydrogen-bond donors (Lipinski definition) is 1. The van der Waals surface area contributed by atoms with Gasteiger partial charge < -0.3 is 9.63 Å². The SMILES string of the molecule is O=C(O)C[C@@H](CCCC1CCCCC1)c1nc(Cc2ccccn2)no1. The zero-order chi connectivity index (χ0) is 18.2. The molecule has 0 bridgehead atoms. The maximum atomic E-state index is 11.2. The number of carboxylic acids is 1. The van der Waals surface area contributed by atoms with Gasteiger partial charge in [-0.15, -0.1) is 0 Å². The van der Waals surface area contributed by atoms with E-state index in [9.17, 15) is 9.90 Å². The Balaban J connectivity index is 1.57. The monoisotopic (exact) mass is 357 g/mol. The van der Waals surface area contributed by atoms with E-state index in [0.29, 0.717) is 18.1 Å². The van der Waals surface area contributed by atoms with Gasteiger partial charge in [-0.1, -0.05) is 56.2 Å². The number of carboxylic acid groups (broad SMARTS) is 1. The lowest BCUT2D eigenvalue weighted by molar-refractivity contribution is -0.137. The molecule has 0 spiro atoms. The lowest BCUT2D eigenvalue weighted by atomic mass is 9.84. The molecule has 2 heterocycles. The number of pyridine rings is 1. The van der Waals surface area contributed by atoms with Crippen LogP contribution in [0.2, 0.25) is 0 Å². The highest BCUT2D eigenvalue weighted by atomic mass is 16.5. The third-order valence-corrected chi connectivity index (χ3v) is 5.21. The quantitative estimate of drug-likeness (QED) is 0.717. The van der Waals surface area contributed by atoms with Gasteiger partial charge in [0.1, 0.15) is 0 Å². The predicted octanol–water partition coefficient (Wildman–Crippen LogP) is 4.36. The third kappa shape index (κ3) is 5.64. The average Bonchev–Trinajstić information content (AvgIpc) is 3.11. The summed E-state index contributed by atoms with van der Waals surface area (Å²) in [6.45, 7) is 0. The Bertz CT molecular complexity index is 681. The normalized spacial score (nSPS) is 16.5. The van der Waals surface area contributed by atoms with Crippen molar-refractivity contribution in [3.63, 3.8) is 0 Å². The van der Waals surface area contributed by atoms with E-state index in [2.05, 4.69) is 15.1 Å². The van der Waals surface area contributed by atoms with Gasteiger partial charge in [-0.3, -0.25) is 9.78 Å². The zero-order valence-corrected chi connectivity index (χ0v) is 15.1. The molecule has 1 atom stereocenters. The summed E-state index contributed by atoms with van der Waals surface area (Å²) in [5, 5.41) is 13.3. The van der Waals surface area contributed by atoms with Gasteiger partial charge in [0, 0.05) is 17.8 Å². The maximum Gasteiger partial charge on any atom is 0.304 e. The van der Waals surface area contributed by atoms with Crippen LogP contribution in [0.3, 0.4) is 0 Å². The van der Waals surface area contributed by atoms with Gasteiger partial charge in [0.05, 0.1) is 12.8 Å². The summed E-state index contributed by atoms with van der Waals surface area (Å²) in [6.07, 6.45) is 11.9. The molecule has 0 aliphatic heterocycles. The Kier molecular flexibility index (Phi) is 6.75. The smallest absolute Gasteiger partial charge is 0.304 e. The molecule has 0 amide bonds. The molecule has 0 radical (unpaired) electrons. The summed E-state index contributed by atoms with van der Waals surface area (Å²) in [6, 6.07) is 5.69. The number of nitrogens with zero attached hydrogens (tertiary/aromatic N) is 3. The van der Waals surface area contributed by atoms with E-state index in [4.69, 9.17) is 4.52 Å². The van der Waals surface area contributed by atoms with Crippen LogP contribution >= 0.6 is 0 Å². The molecule has 1 fully saturated rings. The number of carbonyl (C=O) groups is 1. The largest absolute Gasteiger partial charge is 0.481 e. The van der Waals surface area contributed by atoms with E-state index in [0.717, 1.165) is 24.5 Å². The first-order chi connectivity index (χ1) is 12.7. The minimum Gasteiger partial charge on any atom is -0.481 e. The van der Waals surface area contributed by atoms with Gasteiger partial charge in [0.2, 0.25) is 5.89 Å². The minimum atomic E-state index is -0.822. The van der Waals surface area contributed by atoms with Crippen LogP contribution in [0.1, 0.15) is 81.1 Å². The fourth-order valence-electron chi connectivity index (χ4n) is 3.82. The number of aromatic nitrogens is 3. The van der Waals surface area contributed by atoms with Crippen molar-refractivity contribution in [2.45, 2.75) is 70.1 Å². The van der Waals surface area contributed by atoms with Crippen LogP contribution in [0.5, 0.6) is 0 Å². The van der Waals surface area contributed by atoms with Crippen molar-refractivity contribution in [1.82, 2.24) is 15.1 Å². The average molecular weight is 357 g/mol. The molecule has 1 saturated carbocycles. The van der Waals surface area contributed by atoms with Gasteiger partial charge in [-0.25, -0.2) is 0 Å². The molecule has 1 aliphatic rings. The molecule has 0 aromatic carbocycles. The first-order valence-electron chi connectivity index (χ1n) is 9.65. The molecule has 2 aromatic heterocycles. The summed E-state index contributed by atoms with van der Waals surface area (Å²) >= 11 is 0. The second-order valence-electron chi connectivity index (χ2n) is 7.28. The van der Waals surface area contributed by atoms with Gasteiger partial charge in [0.25, 0.3) is 0 Å². The van der Waals surface area contributed by atoms with Crippen LogP contribution in [-0.2, 0) is 11.2 Å². The summed E-state index contributed by atoms with van der Waals surface area (Å²) in [5.74, 6) is 0.776. The Labute approximate surface area is 154 Å². The second-order valence-corrected chi connectivity index (χ2v) is 7.28. The van der Waals surface area contributed by atoms with Crippen molar-refractivity contribution >= 4 is 5.97 Å². The first-order valence-corrected chi connectivity index (χ1v) is 9.65. The van der Waals surface area contributed by atoms with Gasteiger partial charge >= 0.3 is 5.97 Å². The van der Waals surface area contributed by atoms with Crippen LogP contribution < -0.4 is 0 Å². The van der Waals surface area contributed by atoms with E-state index < -0.39 is 5.97 Å². The third-order valence-electron chi connectivity index (χ3n) is 5.21. The Hall–Kier alpha value is -2.24. The van der Waals surface area contributed by atoms with Crippen molar-refractivity contribution in [1.29, 1.82) is 0 Å². The van der Waals surface area contributed by atoms with E-state index in [1.807, 2.05) is 18.2 Å². The van der Waals surface area contributed by atoms with Crippen molar-refractivity contribution in [2.75, 3.05) is 0 Å². The summed E-state index contributed by atoms with van der Waals surface area (Å²) in [4.78, 5) is 20.0. The van der Waals surface area contributed by atoms with Crippen LogP contribution in [-0.4, -0.2) is 26.2 Å². The molecule has 2 aromatic rings.